The first-order chi connectivity index (χ1) is 7.78. The van der Waals surface area contributed by atoms with Gasteiger partial charge in [-0.05, 0) is 30.5 Å². The van der Waals surface area contributed by atoms with E-state index < -0.39 is 6.09 Å². The average Bonchev–Trinajstić information content (AvgIpc) is 3.12. The summed E-state index contributed by atoms with van der Waals surface area (Å²) in [6.07, 6.45) is 2.15. The third-order valence-corrected chi connectivity index (χ3v) is 2.56. The number of carbonyl (C=O) groups excluding carboxylic acids is 1. The van der Waals surface area contributed by atoms with Gasteiger partial charge in [0.05, 0.1) is 7.11 Å². The maximum Gasteiger partial charge on any atom is 0.411 e. The third kappa shape index (κ3) is 3.24. The van der Waals surface area contributed by atoms with Crippen molar-refractivity contribution in [3.63, 3.8) is 0 Å². The van der Waals surface area contributed by atoms with Gasteiger partial charge < -0.3 is 10.1 Å². The van der Waals surface area contributed by atoms with Crippen molar-refractivity contribution >= 4 is 11.8 Å². The summed E-state index contributed by atoms with van der Waals surface area (Å²) in [7, 11) is 1.35. The minimum Gasteiger partial charge on any atom is -0.453 e. The highest BCUT2D eigenvalue weighted by molar-refractivity contribution is 5.84. The molecule has 86 valence electrons. The molecule has 1 fully saturated rings. The Morgan fingerprint density at radius 2 is 2.06 bits per heavy atom. The summed E-state index contributed by atoms with van der Waals surface area (Å²) in [4.78, 5) is 10.9. The number of carbonyl (C=O) groups is 1. The predicted octanol–water partition coefficient (Wildman–Crippen LogP) is 2.12. The molecule has 4 nitrogen and oxygen atoms in total. The SMILES string of the molecule is COC(=O)Nc1ccc(CNC2CC2)cc1. The van der Waals surface area contributed by atoms with Gasteiger partial charge in [0.1, 0.15) is 0 Å². The van der Waals surface area contributed by atoms with Crippen LogP contribution in [0.25, 0.3) is 0 Å². The number of methoxy groups -OCH3 is 1. The van der Waals surface area contributed by atoms with Crippen LogP contribution in [-0.4, -0.2) is 19.2 Å². The third-order valence-electron chi connectivity index (χ3n) is 2.56. The second-order valence-corrected chi connectivity index (χ2v) is 3.97. The molecule has 1 aromatic rings. The normalized spacial score (nSPS) is 14.6. The van der Waals surface area contributed by atoms with E-state index in [4.69, 9.17) is 0 Å². The summed E-state index contributed by atoms with van der Waals surface area (Å²) in [5.41, 5.74) is 1.98. The van der Waals surface area contributed by atoms with Gasteiger partial charge in [-0.2, -0.15) is 0 Å². The molecule has 0 atom stereocenters. The zero-order valence-corrected chi connectivity index (χ0v) is 9.32. The highest BCUT2D eigenvalue weighted by Gasteiger charge is 2.19. The minimum absolute atomic E-state index is 0.441. The van der Waals surface area contributed by atoms with Crippen LogP contribution in [0.5, 0.6) is 0 Å². The van der Waals surface area contributed by atoms with Gasteiger partial charge in [-0.1, -0.05) is 12.1 Å². The molecule has 0 bridgehead atoms. The minimum atomic E-state index is -0.441. The lowest BCUT2D eigenvalue weighted by Crippen LogP contribution is -2.15. The highest BCUT2D eigenvalue weighted by Crippen LogP contribution is 2.19. The molecule has 0 saturated heterocycles. The lowest BCUT2D eigenvalue weighted by molar-refractivity contribution is 0.187. The van der Waals surface area contributed by atoms with E-state index >= 15 is 0 Å². The molecule has 4 heteroatoms. The van der Waals surface area contributed by atoms with Crippen LogP contribution in [0.4, 0.5) is 10.5 Å². The number of rotatable bonds is 4. The molecule has 0 heterocycles. The Kier molecular flexibility index (Phi) is 3.41. The fourth-order valence-corrected chi connectivity index (χ4v) is 1.42. The largest absolute Gasteiger partial charge is 0.453 e. The smallest absolute Gasteiger partial charge is 0.411 e. The van der Waals surface area contributed by atoms with E-state index in [1.165, 1.54) is 25.5 Å². The summed E-state index contributed by atoms with van der Waals surface area (Å²) in [6, 6.07) is 8.47. The number of amides is 1. The number of hydrogen-bond donors (Lipinski definition) is 2. The average molecular weight is 220 g/mol. The van der Waals surface area contributed by atoms with Crippen LogP contribution in [0.2, 0.25) is 0 Å². The Labute approximate surface area is 95.0 Å². The molecule has 0 spiro atoms. The van der Waals surface area contributed by atoms with Gasteiger partial charge in [0.2, 0.25) is 0 Å². The van der Waals surface area contributed by atoms with Crippen molar-refractivity contribution in [1.82, 2.24) is 5.32 Å². The number of ether oxygens (including phenoxy) is 1. The first kappa shape index (κ1) is 11.0. The fourth-order valence-electron chi connectivity index (χ4n) is 1.42. The van der Waals surface area contributed by atoms with Crippen LogP contribution in [-0.2, 0) is 11.3 Å². The molecular formula is C12H16N2O2. The first-order valence-electron chi connectivity index (χ1n) is 5.45. The summed E-state index contributed by atoms with van der Waals surface area (Å²) in [6.45, 7) is 0.892. The molecule has 1 aliphatic rings. The topological polar surface area (TPSA) is 50.4 Å². The van der Waals surface area contributed by atoms with E-state index in [2.05, 4.69) is 15.4 Å². The number of anilines is 1. The monoisotopic (exact) mass is 220 g/mol. The van der Waals surface area contributed by atoms with E-state index in [0.29, 0.717) is 6.04 Å². The summed E-state index contributed by atoms with van der Waals surface area (Å²) < 4.78 is 4.51. The second kappa shape index (κ2) is 4.99. The first-order valence-corrected chi connectivity index (χ1v) is 5.45. The van der Waals surface area contributed by atoms with Gasteiger partial charge in [0, 0.05) is 18.3 Å². The lowest BCUT2D eigenvalue weighted by Gasteiger charge is -2.06. The Bertz CT molecular complexity index is 358. The Morgan fingerprint density at radius 1 is 1.38 bits per heavy atom. The maximum atomic E-state index is 10.9. The zero-order valence-electron chi connectivity index (χ0n) is 9.32. The number of benzene rings is 1. The van der Waals surface area contributed by atoms with Crippen LogP contribution in [0, 0.1) is 0 Å². The Hall–Kier alpha value is -1.55. The Morgan fingerprint density at radius 3 is 2.62 bits per heavy atom. The van der Waals surface area contributed by atoms with Crippen molar-refractivity contribution in [3.8, 4) is 0 Å². The van der Waals surface area contributed by atoms with Crippen molar-refractivity contribution in [1.29, 1.82) is 0 Å². The van der Waals surface area contributed by atoms with Crippen molar-refractivity contribution in [3.05, 3.63) is 29.8 Å². The molecule has 1 aliphatic carbocycles. The van der Waals surface area contributed by atoms with Gasteiger partial charge in [-0.3, -0.25) is 5.32 Å². The molecule has 0 unspecified atom stereocenters. The molecule has 1 amide bonds. The molecule has 1 aromatic carbocycles. The van der Waals surface area contributed by atoms with Crippen molar-refractivity contribution in [2.45, 2.75) is 25.4 Å². The molecule has 2 rings (SSSR count). The number of hydrogen-bond acceptors (Lipinski definition) is 3. The van der Waals surface area contributed by atoms with Gasteiger partial charge in [0.15, 0.2) is 0 Å². The van der Waals surface area contributed by atoms with E-state index in [1.807, 2.05) is 24.3 Å². The van der Waals surface area contributed by atoms with Crippen LogP contribution in [0.1, 0.15) is 18.4 Å². The van der Waals surface area contributed by atoms with E-state index in [9.17, 15) is 4.79 Å². The van der Waals surface area contributed by atoms with Gasteiger partial charge in [0.25, 0.3) is 0 Å². The molecule has 1 saturated carbocycles. The maximum absolute atomic E-state index is 10.9. The van der Waals surface area contributed by atoms with Gasteiger partial charge in [-0.15, -0.1) is 0 Å². The van der Waals surface area contributed by atoms with Crippen molar-refractivity contribution < 1.29 is 9.53 Å². The van der Waals surface area contributed by atoms with Gasteiger partial charge in [-0.25, -0.2) is 4.79 Å². The number of nitrogens with one attached hydrogen (secondary N) is 2. The highest BCUT2D eigenvalue weighted by atomic mass is 16.5. The Balaban J connectivity index is 1.85. The van der Waals surface area contributed by atoms with Crippen molar-refractivity contribution in [2.75, 3.05) is 12.4 Å². The second-order valence-electron chi connectivity index (χ2n) is 3.97. The predicted molar refractivity (Wildman–Crippen MR) is 62.3 cm³/mol. The van der Waals surface area contributed by atoms with E-state index in [-0.39, 0.29) is 0 Å². The zero-order chi connectivity index (χ0) is 11.4. The lowest BCUT2D eigenvalue weighted by atomic mass is 10.2. The quantitative estimate of drug-likeness (QED) is 0.817. The molecular weight excluding hydrogens is 204 g/mol. The van der Waals surface area contributed by atoms with E-state index in [0.717, 1.165) is 12.2 Å². The molecule has 0 radical (unpaired) electrons. The van der Waals surface area contributed by atoms with Crippen LogP contribution < -0.4 is 10.6 Å². The van der Waals surface area contributed by atoms with Crippen molar-refractivity contribution in [2.24, 2.45) is 0 Å². The molecule has 0 aromatic heterocycles. The van der Waals surface area contributed by atoms with E-state index in [1.54, 1.807) is 0 Å². The fraction of sp³-hybridized carbons (Fsp3) is 0.417. The van der Waals surface area contributed by atoms with Crippen LogP contribution in [0.15, 0.2) is 24.3 Å². The molecule has 16 heavy (non-hydrogen) atoms. The standard InChI is InChI=1S/C12H16N2O2/c1-16-12(15)14-11-4-2-9(3-5-11)8-13-10-6-7-10/h2-5,10,13H,6-8H2,1H3,(H,14,15). The van der Waals surface area contributed by atoms with Crippen LogP contribution in [0.3, 0.4) is 0 Å². The summed E-state index contributed by atoms with van der Waals surface area (Å²) >= 11 is 0. The van der Waals surface area contributed by atoms with Crippen LogP contribution >= 0.6 is 0 Å². The van der Waals surface area contributed by atoms with Gasteiger partial charge >= 0.3 is 6.09 Å². The molecule has 0 aliphatic heterocycles. The summed E-state index contributed by atoms with van der Waals surface area (Å²) in [5, 5.41) is 6.05. The molecule has 2 N–H and O–H groups in total. The summed E-state index contributed by atoms with van der Waals surface area (Å²) in [5.74, 6) is 0.